The van der Waals surface area contributed by atoms with E-state index in [1.165, 1.54) is 4.31 Å². The Morgan fingerprint density at radius 3 is 2.20 bits per heavy atom. The van der Waals surface area contributed by atoms with Crippen LogP contribution in [-0.4, -0.2) is 36.6 Å². The van der Waals surface area contributed by atoms with Crippen molar-refractivity contribution >= 4 is 27.3 Å². The normalized spacial score (nSPS) is 12.6. The quantitative estimate of drug-likeness (QED) is 0.319. The van der Waals surface area contributed by atoms with E-state index in [4.69, 9.17) is 0 Å². The Morgan fingerprint density at radius 1 is 0.971 bits per heavy atom. The molecular weight excluding hydrogens is 476 g/mol. The van der Waals surface area contributed by atoms with Gasteiger partial charge in [0.1, 0.15) is 0 Å². The molecule has 0 saturated heterocycles. The summed E-state index contributed by atoms with van der Waals surface area (Å²) >= 11 is 1.59. The molecule has 188 valence electrons. The van der Waals surface area contributed by atoms with Crippen molar-refractivity contribution in [2.24, 2.45) is 5.92 Å². The molecule has 2 aromatic carbocycles. The molecule has 1 atom stereocenters. The van der Waals surface area contributed by atoms with Gasteiger partial charge in [-0.1, -0.05) is 74.4 Å². The zero-order chi connectivity index (χ0) is 25.6. The number of carbonyl (C=O) groups excluding carboxylic acids is 1. The maximum atomic E-state index is 13.9. The fraction of sp³-hybridized carbons (Fsp3) is 0.393. The van der Waals surface area contributed by atoms with Gasteiger partial charge in [-0.05, 0) is 54.8 Å². The molecule has 0 saturated carbocycles. The summed E-state index contributed by atoms with van der Waals surface area (Å²) < 4.78 is 29.2. The number of thiophene rings is 1. The SMILES string of the molecule is CCC(C)CN(CC(=O)N(Cc1ccccc1)Cc1cccs1)S(=O)(=O)c1c(C)cc(C)cc1C. The van der Waals surface area contributed by atoms with E-state index in [0.29, 0.717) is 35.7 Å². The van der Waals surface area contributed by atoms with E-state index in [1.54, 1.807) is 16.2 Å². The molecule has 0 aliphatic rings. The van der Waals surface area contributed by atoms with Crippen LogP contribution in [0.25, 0.3) is 0 Å². The summed E-state index contributed by atoms with van der Waals surface area (Å²) in [6.45, 7) is 10.7. The first-order chi connectivity index (χ1) is 16.6. The molecule has 0 spiro atoms. The number of hydrogen-bond donors (Lipinski definition) is 0. The third-order valence-corrected chi connectivity index (χ3v) is 9.20. The van der Waals surface area contributed by atoms with E-state index in [1.807, 2.05) is 94.6 Å². The first kappa shape index (κ1) is 27.1. The van der Waals surface area contributed by atoms with Crippen LogP contribution in [0.15, 0.2) is 64.9 Å². The van der Waals surface area contributed by atoms with Crippen LogP contribution in [0.4, 0.5) is 0 Å². The molecule has 1 heterocycles. The summed E-state index contributed by atoms with van der Waals surface area (Å²) in [5.41, 5.74) is 3.46. The van der Waals surface area contributed by atoms with Gasteiger partial charge in [0.15, 0.2) is 0 Å². The molecule has 0 fully saturated rings. The second-order valence-corrected chi connectivity index (χ2v) is 12.3. The zero-order valence-electron chi connectivity index (χ0n) is 21.3. The maximum absolute atomic E-state index is 13.9. The van der Waals surface area contributed by atoms with Crippen LogP contribution in [0.1, 0.15) is 47.4 Å². The Balaban J connectivity index is 1.94. The highest BCUT2D eigenvalue weighted by Gasteiger charge is 2.32. The number of amides is 1. The molecule has 1 amide bonds. The minimum Gasteiger partial charge on any atom is -0.332 e. The minimum atomic E-state index is -3.86. The van der Waals surface area contributed by atoms with Crippen molar-refractivity contribution in [1.29, 1.82) is 0 Å². The van der Waals surface area contributed by atoms with Gasteiger partial charge in [0.2, 0.25) is 15.9 Å². The van der Waals surface area contributed by atoms with Crippen LogP contribution in [-0.2, 0) is 27.9 Å². The lowest BCUT2D eigenvalue weighted by Crippen LogP contribution is -2.44. The van der Waals surface area contributed by atoms with Gasteiger partial charge in [0.05, 0.1) is 18.0 Å². The van der Waals surface area contributed by atoms with E-state index >= 15 is 0 Å². The number of carbonyl (C=O) groups is 1. The molecule has 7 heteroatoms. The smallest absolute Gasteiger partial charge is 0.244 e. The molecule has 5 nitrogen and oxygen atoms in total. The van der Waals surface area contributed by atoms with Crippen molar-refractivity contribution in [3.05, 3.63) is 87.1 Å². The van der Waals surface area contributed by atoms with Crippen molar-refractivity contribution in [2.75, 3.05) is 13.1 Å². The van der Waals surface area contributed by atoms with Crippen LogP contribution < -0.4 is 0 Å². The number of sulfonamides is 1. The van der Waals surface area contributed by atoms with Gasteiger partial charge >= 0.3 is 0 Å². The molecule has 3 aromatic rings. The molecule has 3 rings (SSSR count). The largest absolute Gasteiger partial charge is 0.332 e. The lowest BCUT2D eigenvalue weighted by molar-refractivity contribution is -0.132. The van der Waals surface area contributed by atoms with E-state index in [0.717, 1.165) is 22.4 Å². The van der Waals surface area contributed by atoms with Crippen molar-refractivity contribution in [3.63, 3.8) is 0 Å². The van der Waals surface area contributed by atoms with Crippen molar-refractivity contribution < 1.29 is 13.2 Å². The Morgan fingerprint density at radius 2 is 1.63 bits per heavy atom. The Hall–Kier alpha value is -2.48. The van der Waals surface area contributed by atoms with E-state index in [9.17, 15) is 13.2 Å². The van der Waals surface area contributed by atoms with Gasteiger partial charge in [-0.15, -0.1) is 11.3 Å². The Bertz CT molecular complexity index is 1200. The second-order valence-electron chi connectivity index (χ2n) is 9.35. The van der Waals surface area contributed by atoms with Crippen LogP contribution in [0, 0.1) is 26.7 Å². The molecule has 35 heavy (non-hydrogen) atoms. The first-order valence-electron chi connectivity index (χ1n) is 12.0. The molecule has 1 unspecified atom stereocenters. The lowest BCUT2D eigenvalue weighted by atomic mass is 10.1. The summed E-state index contributed by atoms with van der Waals surface area (Å²) in [5.74, 6) is -0.0694. The fourth-order valence-corrected chi connectivity index (χ4v) is 6.95. The average Bonchev–Trinajstić information content (AvgIpc) is 3.31. The van der Waals surface area contributed by atoms with Crippen LogP contribution in [0.2, 0.25) is 0 Å². The van der Waals surface area contributed by atoms with Gasteiger partial charge in [0.25, 0.3) is 0 Å². The standard InChI is InChI=1S/C28H36N2O3S2/c1-6-21(2)17-30(35(32,33)28-23(4)15-22(3)16-24(28)5)20-27(31)29(19-26-13-10-14-34-26)18-25-11-8-7-9-12-25/h7-16,21H,6,17-20H2,1-5H3. The Labute approximate surface area is 214 Å². The minimum absolute atomic E-state index is 0.128. The summed E-state index contributed by atoms with van der Waals surface area (Å²) in [7, 11) is -3.86. The van der Waals surface area contributed by atoms with Crippen LogP contribution >= 0.6 is 11.3 Å². The third kappa shape index (κ3) is 7.03. The molecule has 0 bridgehead atoms. The van der Waals surface area contributed by atoms with Crippen molar-refractivity contribution in [3.8, 4) is 0 Å². The summed E-state index contributed by atoms with van der Waals surface area (Å²) in [6, 6.07) is 17.6. The van der Waals surface area contributed by atoms with Crippen molar-refractivity contribution in [2.45, 2.75) is 59.0 Å². The zero-order valence-corrected chi connectivity index (χ0v) is 23.0. The van der Waals surface area contributed by atoms with E-state index in [-0.39, 0.29) is 18.4 Å². The summed E-state index contributed by atoms with van der Waals surface area (Å²) in [6.07, 6.45) is 0.828. The molecule has 0 aliphatic carbocycles. The van der Waals surface area contributed by atoms with Gasteiger partial charge in [-0.25, -0.2) is 8.42 Å². The first-order valence-corrected chi connectivity index (χ1v) is 14.4. The fourth-order valence-electron chi connectivity index (χ4n) is 4.30. The van der Waals surface area contributed by atoms with Gasteiger partial charge in [-0.3, -0.25) is 4.79 Å². The monoisotopic (exact) mass is 512 g/mol. The third-order valence-electron chi connectivity index (χ3n) is 6.22. The Kier molecular flexibility index (Phi) is 9.27. The number of rotatable bonds is 11. The van der Waals surface area contributed by atoms with E-state index in [2.05, 4.69) is 0 Å². The van der Waals surface area contributed by atoms with Crippen LogP contribution in [0.5, 0.6) is 0 Å². The maximum Gasteiger partial charge on any atom is 0.244 e. The topological polar surface area (TPSA) is 57.7 Å². The second kappa shape index (κ2) is 12.0. The van der Waals surface area contributed by atoms with Crippen molar-refractivity contribution in [1.82, 2.24) is 9.21 Å². The highest BCUT2D eigenvalue weighted by atomic mass is 32.2. The number of aryl methyl sites for hydroxylation is 3. The van der Waals surface area contributed by atoms with Crippen LogP contribution in [0.3, 0.4) is 0 Å². The molecular formula is C28H36N2O3S2. The van der Waals surface area contributed by atoms with E-state index < -0.39 is 10.0 Å². The average molecular weight is 513 g/mol. The molecule has 1 aromatic heterocycles. The lowest BCUT2D eigenvalue weighted by Gasteiger charge is -2.29. The number of benzene rings is 2. The summed E-state index contributed by atoms with van der Waals surface area (Å²) in [5, 5.41) is 1.99. The van der Waals surface area contributed by atoms with Gasteiger partial charge in [-0.2, -0.15) is 4.31 Å². The van der Waals surface area contributed by atoms with Gasteiger partial charge < -0.3 is 4.90 Å². The predicted octanol–water partition coefficient (Wildman–Crippen LogP) is 5.94. The molecule has 0 aliphatic heterocycles. The number of hydrogen-bond acceptors (Lipinski definition) is 4. The highest BCUT2D eigenvalue weighted by molar-refractivity contribution is 7.89. The summed E-state index contributed by atoms with van der Waals surface area (Å²) in [4.78, 5) is 16.8. The molecule has 0 N–H and O–H groups in total. The van der Waals surface area contributed by atoms with Gasteiger partial charge in [0, 0.05) is 18.0 Å². The molecule has 0 radical (unpaired) electrons. The highest BCUT2D eigenvalue weighted by Crippen LogP contribution is 2.27. The predicted molar refractivity (Wildman–Crippen MR) is 144 cm³/mol. The number of nitrogens with zero attached hydrogens (tertiary/aromatic N) is 2.